The maximum Gasteiger partial charge on any atom is 0.410 e. The van der Waals surface area contributed by atoms with E-state index in [1.54, 1.807) is 0 Å². The van der Waals surface area contributed by atoms with Crippen LogP contribution in [0, 0.1) is 0 Å². The molecular formula is C19H29BrN2O2. The van der Waals surface area contributed by atoms with E-state index < -0.39 is 5.60 Å². The van der Waals surface area contributed by atoms with Crippen molar-refractivity contribution in [2.75, 3.05) is 13.1 Å². The van der Waals surface area contributed by atoms with Crippen molar-refractivity contribution in [2.24, 2.45) is 0 Å². The summed E-state index contributed by atoms with van der Waals surface area (Å²) in [5, 5.41) is 3.52. The molecule has 0 heterocycles. The summed E-state index contributed by atoms with van der Waals surface area (Å²) in [5.74, 6) is 0. The van der Waals surface area contributed by atoms with Gasteiger partial charge in [-0.05, 0) is 64.7 Å². The zero-order valence-electron chi connectivity index (χ0n) is 15.1. The molecule has 0 aliphatic heterocycles. The summed E-state index contributed by atoms with van der Waals surface area (Å²) in [7, 11) is 0. The minimum absolute atomic E-state index is 0.188. The average molecular weight is 397 g/mol. The molecule has 1 atom stereocenters. The van der Waals surface area contributed by atoms with Crippen LogP contribution in [0.4, 0.5) is 4.79 Å². The highest BCUT2D eigenvalue weighted by atomic mass is 79.9. The van der Waals surface area contributed by atoms with Gasteiger partial charge in [0.1, 0.15) is 5.60 Å². The van der Waals surface area contributed by atoms with Gasteiger partial charge in [-0.25, -0.2) is 4.79 Å². The number of halogens is 1. The topological polar surface area (TPSA) is 41.6 Å². The Kier molecular flexibility index (Phi) is 6.70. The van der Waals surface area contributed by atoms with E-state index in [1.165, 1.54) is 5.56 Å². The van der Waals surface area contributed by atoms with Crippen LogP contribution in [0.25, 0.3) is 0 Å². The first-order valence-corrected chi connectivity index (χ1v) is 9.51. The van der Waals surface area contributed by atoms with Gasteiger partial charge in [0.15, 0.2) is 0 Å². The lowest BCUT2D eigenvalue weighted by molar-refractivity contribution is 0.0235. The van der Waals surface area contributed by atoms with Gasteiger partial charge in [0.25, 0.3) is 0 Å². The molecule has 1 unspecified atom stereocenters. The summed E-state index contributed by atoms with van der Waals surface area (Å²) >= 11 is 3.46. The van der Waals surface area contributed by atoms with Crippen LogP contribution < -0.4 is 5.32 Å². The van der Waals surface area contributed by atoms with Crippen LogP contribution in [0.2, 0.25) is 0 Å². The molecule has 24 heavy (non-hydrogen) atoms. The fourth-order valence-corrected chi connectivity index (χ4v) is 2.87. The highest BCUT2D eigenvalue weighted by Gasteiger charge is 2.34. The van der Waals surface area contributed by atoms with Crippen LogP contribution in [0.3, 0.4) is 0 Å². The van der Waals surface area contributed by atoms with Gasteiger partial charge in [-0.2, -0.15) is 0 Å². The molecule has 0 radical (unpaired) electrons. The lowest BCUT2D eigenvalue weighted by Gasteiger charge is -2.28. The lowest BCUT2D eigenvalue weighted by Crippen LogP contribution is -2.43. The Morgan fingerprint density at radius 3 is 2.50 bits per heavy atom. The Bertz CT molecular complexity index is 535. The Morgan fingerprint density at radius 1 is 1.33 bits per heavy atom. The standard InChI is InChI=1S/C19H29BrN2O2/c1-14(13-15-5-7-16(20)8-6-15)21-11-12-22(17-9-10-17)18(23)24-19(2,3)4/h5-8,14,17,21H,9-13H2,1-4H3. The maximum atomic E-state index is 12.3. The van der Waals surface area contributed by atoms with Gasteiger partial charge in [0.2, 0.25) is 0 Å². The monoisotopic (exact) mass is 396 g/mol. The highest BCUT2D eigenvalue weighted by Crippen LogP contribution is 2.28. The molecule has 1 fully saturated rings. The highest BCUT2D eigenvalue weighted by molar-refractivity contribution is 9.10. The molecule has 0 bridgehead atoms. The molecule has 1 aromatic carbocycles. The minimum Gasteiger partial charge on any atom is -0.444 e. The van der Waals surface area contributed by atoms with Crippen molar-refractivity contribution in [2.45, 2.75) is 64.6 Å². The molecule has 1 aromatic rings. The second kappa shape index (κ2) is 8.34. The molecule has 1 amide bonds. The van der Waals surface area contributed by atoms with Crippen molar-refractivity contribution >= 4 is 22.0 Å². The molecule has 4 nitrogen and oxygen atoms in total. The van der Waals surface area contributed by atoms with Gasteiger partial charge in [0.05, 0.1) is 0 Å². The summed E-state index contributed by atoms with van der Waals surface area (Å²) in [6.07, 6.45) is 2.97. The number of amides is 1. The fraction of sp³-hybridized carbons (Fsp3) is 0.632. The zero-order valence-corrected chi connectivity index (χ0v) is 16.7. The normalized spacial score (nSPS) is 15.9. The summed E-state index contributed by atoms with van der Waals surface area (Å²) in [6, 6.07) is 9.15. The van der Waals surface area contributed by atoms with E-state index in [0.29, 0.717) is 18.6 Å². The second-order valence-electron chi connectivity index (χ2n) is 7.59. The van der Waals surface area contributed by atoms with Crippen LogP contribution in [0.15, 0.2) is 28.7 Å². The zero-order chi connectivity index (χ0) is 17.7. The van der Waals surface area contributed by atoms with E-state index >= 15 is 0 Å². The third-order valence-corrected chi connectivity index (χ3v) is 4.44. The van der Waals surface area contributed by atoms with Crippen molar-refractivity contribution in [1.29, 1.82) is 0 Å². The van der Waals surface area contributed by atoms with E-state index in [1.807, 2.05) is 25.7 Å². The SMILES string of the molecule is CC(Cc1ccc(Br)cc1)NCCN(C(=O)OC(C)(C)C)C1CC1. The van der Waals surface area contributed by atoms with Crippen molar-refractivity contribution in [3.63, 3.8) is 0 Å². The Hall–Kier alpha value is -1.07. The van der Waals surface area contributed by atoms with Gasteiger partial charge in [-0.3, -0.25) is 0 Å². The van der Waals surface area contributed by atoms with Gasteiger partial charge in [-0.1, -0.05) is 28.1 Å². The van der Waals surface area contributed by atoms with E-state index in [2.05, 4.69) is 52.4 Å². The van der Waals surface area contributed by atoms with Gasteiger partial charge < -0.3 is 15.0 Å². The summed E-state index contributed by atoms with van der Waals surface area (Å²) < 4.78 is 6.62. The van der Waals surface area contributed by atoms with Crippen LogP contribution >= 0.6 is 15.9 Å². The van der Waals surface area contributed by atoms with Crippen LogP contribution in [0.5, 0.6) is 0 Å². The molecule has 0 spiro atoms. The molecular weight excluding hydrogens is 368 g/mol. The number of nitrogens with one attached hydrogen (secondary N) is 1. The molecule has 1 N–H and O–H groups in total. The number of ether oxygens (including phenoxy) is 1. The lowest BCUT2D eigenvalue weighted by atomic mass is 10.1. The van der Waals surface area contributed by atoms with Crippen LogP contribution in [-0.2, 0) is 11.2 Å². The summed E-state index contributed by atoms with van der Waals surface area (Å²) in [5.41, 5.74) is 0.872. The first kappa shape index (κ1) is 19.3. The molecule has 2 rings (SSSR count). The van der Waals surface area contributed by atoms with E-state index in [0.717, 1.165) is 30.3 Å². The van der Waals surface area contributed by atoms with Gasteiger partial charge in [0, 0.05) is 29.6 Å². The quantitative estimate of drug-likeness (QED) is 0.743. The van der Waals surface area contributed by atoms with Crippen molar-refractivity contribution in [1.82, 2.24) is 10.2 Å². The number of hydrogen-bond acceptors (Lipinski definition) is 3. The van der Waals surface area contributed by atoms with Crippen molar-refractivity contribution in [3.05, 3.63) is 34.3 Å². The Balaban J connectivity index is 1.76. The predicted molar refractivity (Wildman–Crippen MR) is 101 cm³/mol. The van der Waals surface area contributed by atoms with Gasteiger partial charge >= 0.3 is 6.09 Å². The van der Waals surface area contributed by atoms with Crippen molar-refractivity contribution < 1.29 is 9.53 Å². The number of nitrogens with zero attached hydrogens (tertiary/aromatic N) is 1. The number of hydrogen-bond donors (Lipinski definition) is 1. The third kappa shape index (κ3) is 6.81. The number of benzene rings is 1. The fourth-order valence-electron chi connectivity index (χ4n) is 2.61. The van der Waals surface area contributed by atoms with Crippen LogP contribution in [-0.4, -0.2) is 41.8 Å². The first-order valence-electron chi connectivity index (χ1n) is 8.72. The maximum absolute atomic E-state index is 12.3. The van der Waals surface area contributed by atoms with Gasteiger partial charge in [-0.15, -0.1) is 0 Å². The molecule has 1 aliphatic carbocycles. The number of carbonyl (C=O) groups excluding carboxylic acids is 1. The molecule has 1 aliphatic rings. The summed E-state index contributed by atoms with van der Waals surface area (Å²) in [4.78, 5) is 14.2. The van der Waals surface area contributed by atoms with E-state index in [9.17, 15) is 4.79 Å². The Labute approximate surface area is 154 Å². The predicted octanol–water partition coefficient (Wildman–Crippen LogP) is 4.37. The Morgan fingerprint density at radius 2 is 1.96 bits per heavy atom. The average Bonchev–Trinajstić information content (AvgIpc) is 3.28. The third-order valence-electron chi connectivity index (χ3n) is 3.92. The first-order chi connectivity index (χ1) is 11.2. The smallest absolute Gasteiger partial charge is 0.410 e. The number of carbonyl (C=O) groups is 1. The molecule has 134 valence electrons. The molecule has 0 saturated heterocycles. The largest absolute Gasteiger partial charge is 0.444 e. The molecule has 0 aromatic heterocycles. The van der Waals surface area contributed by atoms with E-state index in [4.69, 9.17) is 4.74 Å². The molecule has 1 saturated carbocycles. The minimum atomic E-state index is -0.438. The molecule has 5 heteroatoms. The van der Waals surface area contributed by atoms with Crippen molar-refractivity contribution in [3.8, 4) is 0 Å². The second-order valence-corrected chi connectivity index (χ2v) is 8.51. The van der Waals surface area contributed by atoms with E-state index in [-0.39, 0.29) is 6.09 Å². The number of rotatable bonds is 7. The summed E-state index contributed by atoms with van der Waals surface area (Å²) in [6.45, 7) is 9.40. The van der Waals surface area contributed by atoms with Crippen LogP contribution in [0.1, 0.15) is 46.1 Å².